The highest BCUT2D eigenvalue weighted by Crippen LogP contribution is 2.17. The van der Waals surface area contributed by atoms with Crippen LogP contribution in [-0.4, -0.2) is 22.3 Å². The van der Waals surface area contributed by atoms with Crippen LogP contribution in [0.4, 0.5) is 0 Å². The van der Waals surface area contributed by atoms with E-state index in [-0.39, 0.29) is 11.5 Å². The second-order valence-electron chi connectivity index (χ2n) is 7.11. The number of aromatic amines is 1. The third kappa shape index (κ3) is 3.85. The fraction of sp³-hybridized carbons (Fsp3) is 0.273. The fourth-order valence-electron chi connectivity index (χ4n) is 3.17. The molecular weight excluding hydrogens is 324 g/mol. The van der Waals surface area contributed by atoms with Gasteiger partial charge in [-0.3, -0.25) is 9.59 Å². The van der Waals surface area contributed by atoms with Crippen LogP contribution in [-0.2, 0) is 6.54 Å². The SMILES string of the molecule is Cc1cccc2cc(CN(CC(C)C)C(=O)c3ccccc3)c(=O)[nH]c12. The first-order valence-corrected chi connectivity index (χ1v) is 8.91. The third-order valence-corrected chi connectivity index (χ3v) is 4.42. The molecule has 0 radical (unpaired) electrons. The highest BCUT2D eigenvalue weighted by molar-refractivity contribution is 5.94. The summed E-state index contributed by atoms with van der Waals surface area (Å²) in [5.41, 5.74) is 2.99. The van der Waals surface area contributed by atoms with Crippen molar-refractivity contribution in [1.82, 2.24) is 9.88 Å². The lowest BCUT2D eigenvalue weighted by Crippen LogP contribution is -2.35. The number of amides is 1. The van der Waals surface area contributed by atoms with E-state index in [0.29, 0.717) is 30.1 Å². The van der Waals surface area contributed by atoms with E-state index in [1.54, 1.807) is 4.90 Å². The van der Waals surface area contributed by atoms with Crippen molar-refractivity contribution >= 4 is 16.8 Å². The maximum atomic E-state index is 12.9. The Balaban J connectivity index is 1.97. The fourth-order valence-corrected chi connectivity index (χ4v) is 3.17. The van der Waals surface area contributed by atoms with Gasteiger partial charge in [0, 0.05) is 17.7 Å². The van der Waals surface area contributed by atoms with Crippen LogP contribution in [0.3, 0.4) is 0 Å². The number of aromatic nitrogens is 1. The lowest BCUT2D eigenvalue weighted by molar-refractivity contribution is 0.0722. The Morgan fingerprint density at radius 2 is 1.81 bits per heavy atom. The molecular formula is C22H24N2O2. The molecule has 1 heterocycles. The number of benzene rings is 2. The Labute approximate surface area is 153 Å². The van der Waals surface area contributed by atoms with Gasteiger partial charge in [-0.1, -0.05) is 50.2 Å². The highest BCUT2D eigenvalue weighted by atomic mass is 16.2. The molecule has 1 N–H and O–H groups in total. The topological polar surface area (TPSA) is 53.2 Å². The van der Waals surface area contributed by atoms with Gasteiger partial charge >= 0.3 is 0 Å². The molecule has 0 aliphatic carbocycles. The van der Waals surface area contributed by atoms with Crippen LogP contribution in [0, 0.1) is 12.8 Å². The number of carbonyl (C=O) groups excluding carboxylic acids is 1. The number of nitrogens with zero attached hydrogens (tertiary/aromatic N) is 1. The zero-order valence-electron chi connectivity index (χ0n) is 15.5. The summed E-state index contributed by atoms with van der Waals surface area (Å²) in [6.07, 6.45) is 0. The molecule has 0 spiro atoms. The smallest absolute Gasteiger partial charge is 0.254 e. The van der Waals surface area contributed by atoms with Crippen molar-refractivity contribution in [2.24, 2.45) is 5.92 Å². The molecule has 0 aliphatic heterocycles. The molecule has 0 atom stereocenters. The van der Waals surface area contributed by atoms with Crippen molar-refractivity contribution in [2.45, 2.75) is 27.3 Å². The molecule has 0 fully saturated rings. The molecule has 0 unspecified atom stereocenters. The number of hydrogen-bond acceptors (Lipinski definition) is 2. The molecule has 26 heavy (non-hydrogen) atoms. The highest BCUT2D eigenvalue weighted by Gasteiger charge is 2.19. The van der Waals surface area contributed by atoms with Gasteiger partial charge in [0.05, 0.1) is 12.1 Å². The van der Waals surface area contributed by atoms with Gasteiger partial charge in [-0.25, -0.2) is 0 Å². The van der Waals surface area contributed by atoms with Crippen molar-refractivity contribution < 1.29 is 4.79 Å². The van der Waals surface area contributed by atoms with E-state index >= 15 is 0 Å². The number of H-pyrrole nitrogens is 1. The van der Waals surface area contributed by atoms with E-state index in [0.717, 1.165) is 16.5 Å². The number of para-hydroxylation sites is 1. The summed E-state index contributed by atoms with van der Waals surface area (Å²) in [5.74, 6) is 0.257. The summed E-state index contributed by atoms with van der Waals surface area (Å²) in [5, 5.41) is 0.983. The van der Waals surface area contributed by atoms with Crippen LogP contribution in [0.2, 0.25) is 0 Å². The predicted octanol–water partition coefficient (Wildman–Crippen LogP) is 4.13. The Bertz CT molecular complexity index is 974. The van der Waals surface area contributed by atoms with Gasteiger partial charge in [0.2, 0.25) is 0 Å². The van der Waals surface area contributed by atoms with Crippen LogP contribution in [0.25, 0.3) is 10.9 Å². The van der Waals surface area contributed by atoms with Gasteiger partial charge < -0.3 is 9.88 Å². The predicted molar refractivity (Wildman–Crippen MR) is 105 cm³/mol. The van der Waals surface area contributed by atoms with E-state index in [1.165, 1.54) is 0 Å². The minimum absolute atomic E-state index is 0.0527. The molecule has 4 heteroatoms. The normalized spacial score (nSPS) is 11.1. The zero-order chi connectivity index (χ0) is 18.7. The van der Waals surface area contributed by atoms with Crippen molar-refractivity contribution in [3.8, 4) is 0 Å². The van der Waals surface area contributed by atoms with Gasteiger partial charge in [-0.05, 0) is 42.0 Å². The van der Waals surface area contributed by atoms with E-state index in [9.17, 15) is 9.59 Å². The van der Waals surface area contributed by atoms with Gasteiger partial charge in [0.15, 0.2) is 0 Å². The largest absolute Gasteiger partial charge is 0.334 e. The maximum absolute atomic E-state index is 12.9. The van der Waals surface area contributed by atoms with E-state index in [2.05, 4.69) is 18.8 Å². The van der Waals surface area contributed by atoms with Crippen molar-refractivity contribution in [2.75, 3.05) is 6.54 Å². The lowest BCUT2D eigenvalue weighted by Gasteiger charge is -2.24. The Morgan fingerprint density at radius 3 is 2.50 bits per heavy atom. The standard InChI is InChI=1S/C22H24N2O2/c1-15(2)13-24(22(26)17-9-5-4-6-10-17)14-19-12-18-11-7-8-16(3)20(18)23-21(19)25/h4-12,15H,13-14H2,1-3H3,(H,23,25). The molecule has 0 aliphatic rings. The van der Waals surface area contributed by atoms with Gasteiger partial charge in [0.25, 0.3) is 11.5 Å². The third-order valence-electron chi connectivity index (χ3n) is 4.42. The maximum Gasteiger partial charge on any atom is 0.254 e. The average molecular weight is 348 g/mol. The molecule has 2 aromatic carbocycles. The molecule has 0 bridgehead atoms. The first-order valence-electron chi connectivity index (χ1n) is 8.91. The number of hydrogen-bond donors (Lipinski definition) is 1. The first kappa shape index (κ1) is 17.9. The summed E-state index contributed by atoms with van der Waals surface area (Å²) in [4.78, 5) is 30.2. The second kappa shape index (κ2) is 7.56. The molecule has 3 rings (SSSR count). The number of aryl methyl sites for hydroxylation is 1. The average Bonchev–Trinajstić information content (AvgIpc) is 2.62. The molecule has 0 saturated heterocycles. The first-order chi connectivity index (χ1) is 12.5. The van der Waals surface area contributed by atoms with E-state index in [1.807, 2.05) is 61.5 Å². The number of carbonyl (C=O) groups is 1. The quantitative estimate of drug-likeness (QED) is 0.753. The lowest BCUT2D eigenvalue weighted by atomic mass is 10.1. The molecule has 0 saturated carbocycles. The van der Waals surface area contributed by atoms with Crippen LogP contribution in [0.15, 0.2) is 59.4 Å². The summed E-state index contributed by atoms with van der Waals surface area (Å²) in [6, 6.07) is 17.0. The van der Waals surface area contributed by atoms with Crippen molar-refractivity contribution in [3.05, 3.63) is 81.6 Å². The van der Waals surface area contributed by atoms with Crippen LogP contribution in [0.5, 0.6) is 0 Å². The Morgan fingerprint density at radius 1 is 1.08 bits per heavy atom. The molecule has 3 aromatic rings. The molecule has 134 valence electrons. The van der Waals surface area contributed by atoms with Crippen LogP contribution >= 0.6 is 0 Å². The minimum Gasteiger partial charge on any atom is -0.334 e. The van der Waals surface area contributed by atoms with Crippen LogP contribution in [0.1, 0.15) is 35.3 Å². The summed E-state index contributed by atoms with van der Waals surface area (Å²) in [6.45, 7) is 7.00. The molecule has 1 amide bonds. The van der Waals surface area contributed by atoms with Gasteiger partial charge in [-0.2, -0.15) is 0 Å². The molecule has 4 nitrogen and oxygen atoms in total. The Kier molecular flexibility index (Phi) is 5.21. The van der Waals surface area contributed by atoms with Gasteiger partial charge in [-0.15, -0.1) is 0 Å². The summed E-state index contributed by atoms with van der Waals surface area (Å²) < 4.78 is 0. The van der Waals surface area contributed by atoms with Crippen LogP contribution < -0.4 is 5.56 Å². The van der Waals surface area contributed by atoms with Crippen molar-refractivity contribution in [3.63, 3.8) is 0 Å². The van der Waals surface area contributed by atoms with E-state index < -0.39 is 0 Å². The molecule has 1 aromatic heterocycles. The Hall–Kier alpha value is -2.88. The monoisotopic (exact) mass is 348 g/mol. The zero-order valence-corrected chi connectivity index (χ0v) is 15.5. The second-order valence-corrected chi connectivity index (χ2v) is 7.11. The number of fused-ring (bicyclic) bond motifs is 1. The number of nitrogens with one attached hydrogen (secondary N) is 1. The minimum atomic E-state index is -0.138. The van der Waals surface area contributed by atoms with E-state index in [4.69, 9.17) is 0 Å². The number of rotatable bonds is 5. The number of pyridine rings is 1. The van der Waals surface area contributed by atoms with Gasteiger partial charge in [0.1, 0.15) is 0 Å². The summed E-state index contributed by atoms with van der Waals surface area (Å²) in [7, 11) is 0. The van der Waals surface area contributed by atoms with Crippen molar-refractivity contribution in [1.29, 1.82) is 0 Å². The summed E-state index contributed by atoms with van der Waals surface area (Å²) >= 11 is 0.